The van der Waals surface area contributed by atoms with Crippen LogP contribution < -0.4 is 0 Å². The molecule has 0 N–H and O–H groups in total. The van der Waals surface area contributed by atoms with Crippen molar-refractivity contribution in [3.8, 4) is 0 Å². The molecule has 1 aliphatic heterocycles. The Morgan fingerprint density at radius 3 is 2.69 bits per heavy atom. The minimum atomic E-state index is -0.0718. The number of esters is 1. The largest absolute Gasteiger partial charge is 0.462 e. The lowest BCUT2D eigenvalue weighted by molar-refractivity contribution is -0.140. The van der Waals surface area contributed by atoms with E-state index < -0.39 is 0 Å². The summed E-state index contributed by atoms with van der Waals surface area (Å²) in [6, 6.07) is 6.32. The van der Waals surface area contributed by atoms with Gasteiger partial charge in [0.1, 0.15) is 11.4 Å². The van der Waals surface area contributed by atoms with E-state index in [2.05, 4.69) is 32.0 Å². The fourth-order valence-electron chi connectivity index (χ4n) is 1.90. The van der Waals surface area contributed by atoms with Crippen molar-refractivity contribution in [2.75, 3.05) is 0 Å². The second-order valence-electron chi connectivity index (χ2n) is 4.36. The number of benzene rings is 1. The topological polar surface area (TPSA) is 26.3 Å². The summed E-state index contributed by atoms with van der Waals surface area (Å²) in [6.45, 7) is 6.10. The van der Waals surface area contributed by atoms with Crippen molar-refractivity contribution in [3.05, 3.63) is 29.3 Å². The SMILES string of the molecule is Cc1ccc(S[C@H]2C[C@H](C)OC2=O)c(C)c1. The van der Waals surface area contributed by atoms with Gasteiger partial charge in [-0.25, -0.2) is 0 Å². The van der Waals surface area contributed by atoms with Crippen LogP contribution in [0.1, 0.15) is 24.5 Å². The van der Waals surface area contributed by atoms with Crippen molar-refractivity contribution in [1.29, 1.82) is 0 Å². The monoisotopic (exact) mass is 236 g/mol. The lowest BCUT2D eigenvalue weighted by Gasteiger charge is -2.09. The maximum Gasteiger partial charge on any atom is 0.319 e. The number of cyclic esters (lactones) is 1. The molecule has 2 atom stereocenters. The number of hydrogen-bond acceptors (Lipinski definition) is 3. The van der Waals surface area contributed by atoms with Crippen LogP contribution in [0.3, 0.4) is 0 Å². The van der Waals surface area contributed by atoms with Crippen LogP contribution in [0.5, 0.6) is 0 Å². The van der Waals surface area contributed by atoms with E-state index in [-0.39, 0.29) is 17.3 Å². The molecule has 0 aromatic heterocycles. The maximum absolute atomic E-state index is 11.5. The first kappa shape index (κ1) is 11.5. The molecule has 2 nitrogen and oxygen atoms in total. The van der Waals surface area contributed by atoms with Crippen molar-refractivity contribution in [2.24, 2.45) is 0 Å². The summed E-state index contributed by atoms with van der Waals surface area (Å²) in [7, 11) is 0. The van der Waals surface area contributed by atoms with Gasteiger partial charge in [-0.3, -0.25) is 4.79 Å². The molecule has 1 fully saturated rings. The number of carbonyl (C=O) groups excluding carboxylic acids is 1. The van der Waals surface area contributed by atoms with Crippen LogP contribution >= 0.6 is 11.8 Å². The van der Waals surface area contributed by atoms with Gasteiger partial charge in [-0.05, 0) is 32.4 Å². The third kappa shape index (κ3) is 2.40. The summed E-state index contributed by atoms with van der Waals surface area (Å²) in [6.07, 6.45) is 0.882. The first-order valence-electron chi connectivity index (χ1n) is 5.50. The van der Waals surface area contributed by atoms with Gasteiger partial charge in [0, 0.05) is 11.3 Å². The first-order chi connectivity index (χ1) is 7.56. The highest BCUT2D eigenvalue weighted by Gasteiger charge is 2.32. The Hall–Kier alpha value is -0.960. The van der Waals surface area contributed by atoms with Crippen LogP contribution in [-0.4, -0.2) is 17.3 Å². The van der Waals surface area contributed by atoms with Crippen LogP contribution in [0.25, 0.3) is 0 Å². The van der Waals surface area contributed by atoms with E-state index in [0.29, 0.717) is 0 Å². The molecule has 0 bridgehead atoms. The van der Waals surface area contributed by atoms with Crippen LogP contribution in [0, 0.1) is 13.8 Å². The van der Waals surface area contributed by atoms with Gasteiger partial charge in [-0.15, -0.1) is 11.8 Å². The Kier molecular flexibility index (Phi) is 3.24. The van der Waals surface area contributed by atoms with Gasteiger partial charge < -0.3 is 4.74 Å². The van der Waals surface area contributed by atoms with E-state index in [4.69, 9.17) is 4.74 Å². The smallest absolute Gasteiger partial charge is 0.319 e. The molecule has 0 saturated carbocycles. The summed E-state index contributed by atoms with van der Waals surface area (Å²) in [5.41, 5.74) is 2.49. The molecule has 0 unspecified atom stereocenters. The number of aryl methyl sites for hydroxylation is 2. The summed E-state index contributed by atoms with van der Waals surface area (Å²) in [5.74, 6) is -0.0718. The highest BCUT2D eigenvalue weighted by molar-refractivity contribution is 8.00. The molecule has 16 heavy (non-hydrogen) atoms. The Bertz CT molecular complexity index is 414. The highest BCUT2D eigenvalue weighted by Crippen LogP contribution is 2.33. The Morgan fingerprint density at radius 1 is 1.38 bits per heavy atom. The molecule has 1 aliphatic rings. The normalized spacial score (nSPS) is 24.6. The van der Waals surface area contributed by atoms with Crippen LogP contribution in [0.2, 0.25) is 0 Å². The zero-order chi connectivity index (χ0) is 11.7. The van der Waals surface area contributed by atoms with E-state index >= 15 is 0 Å². The number of hydrogen-bond donors (Lipinski definition) is 0. The van der Waals surface area contributed by atoms with Gasteiger partial charge in [0.05, 0.1) is 0 Å². The van der Waals surface area contributed by atoms with Crippen molar-refractivity contribution in [3.63, 3.8) is 0 Å². The van der Waals surface area contributed by atoms with Gasteiger partial charge >= 0.3 is 5.97 Å². The van der Waals surface area contributed by atoms with Crippen molar-refractivity contribution in [2.45, 2.75) is 43.4 Å². The summed E-state index contributed by atoms with van der Waals surface area (Å²) in [5, 5.41) is -0.0311. The van der Waals surface area contributed by atoms with E-state index in [9.17, 15) is 4.79 Å². The van der Waals surface area contributed by atoms with Crippen LogP contribution in [0.15, 0.2) is 23.1 Å². The molecule has 0 amide bonds. The third-order valence-corrected chi connectivity index (χ3v) is 4.11. The van der Waals surface area contributed by atoms with E-state index in [1.807, 2.05) is 6.92 Å². The van der Waals surface area contributed by atoms with Gasteiger partial charge in [-0.2, -0.15) is 0 Å². The predicted molar refractivity (Wildman–Crippen MR) is 65.7 cm³/mol. The van der Waals surface area contributed by atoms with Crippen LogP contribution in [-0.2, 0) is 9.53 Å². The van der Waals surface area contributed by atoms with Gasteiger partial charge in [0.25, 0.3) is 0 Å². The average molecular weight is 236 g/mol. The standard InChI is InChI=1S/C13H16O2S/c1-8-4-5-11(9(2)6-8)16-12-7-10(3)15-13(12)14/h4-6,10,12H,7H2,1-3H3/t10-,12-/m0/s1. The predicted octanol–water partition coefficient (Wildman–Crippen LogP) is 3.10. The van der Waals surface area contributed by atoms with E-state index in [1.54, 1.807) is 11.8 Å². The second-order valence-corrected chi connectivity index (χ2v) is 5.60. The minimum Gasteiger partial charge on any atom is -0.462 e. The maximum atomic E-state index is 11.5. The first-order valence-corrected chi connectivity index (χ1v) is 6.38. The summed E-state index contributed by atoms with van der Waals surface area (Å²) >= 11 is 1.62. The molecule has 0 spiro atoms. The lowest BCUT2D eigenvalue weighted by Crippen LogP contribution is -2.09. The van der Waals surface area contributed by atoms with E-state index in [0.717, 1.165) is 6.42 Å². The Morgan fingerprint density at radius 2 is 2.12 bits per heavy atom. The minimum absolute atomic E-state index is 0.0311. The molecule has 1 aromatic carbocycles. The third-order valence-electron chi connectivity index (χ3n) is 2.73. The number of rotatable bonds is 2. The molecule has 3 heteroatoms. The summed E-state index contributed by atoms with van der Waals surface area (Å²) in [4.78, 5) is 12.7. The second kappa shape index (κ2) is 4.50. The molecule has 1 aromatic rings. The molecule has 2 rings (SSSR count). The number of carbonyl (C=O) groups is 1. The van der Waals surface area contributed by atoms with Gasteiger partial charge in [0.2, 0.25) is 0 Å². The molecule has 86 valence electrons. The fourth-order valence-corrected chi connectivity index (χ4v) is 3.12. The average Bonchev–Trinajstić information content (AvgIpc) is 2.50. The lowest BCUT2D eigenvalue weighted by atomic mass is 10.2. The van der Waals surface area contributed by atoms with Crippen LogP contribution in [0.4, 0.5) is 0 Å². The highest BCUT2D eigenvalue weighted by atomic mass is 32.2. The van der Waals surface area contributed by atoms with Gasteiger partial charge in [0.15, 0.2) is 0 Å². The van der Waals surface area contributed by atoms with Crippen molar-refractivity contribution >= 4 is 17.7 Å². The zero-order valence-corrected chi connectivity index (χ0v) is 10.6. The van der Waals surface area contributed by atoms with E-state index in [1.165, 1.54) is 16.0 Å². The molecular formula is C13H16O2S. The molecule has 0 aliphatic carbocycles. The molecule has 1 saturated heterocycles. The Balaban J connectivity index is 2.12. The van der Waals surface area contributed by atoms with Gasteiger partial charge in [-0.1, -0.05) is 17.7 Å². The Labute approximate surface area is 100 Å². The van der Waals surface area contributed by atoms with Crippen molar-refractivity contribution in [1.82, 2.24) is 0 Å². The molecule has 0 radical (unpaired) electrons. The molecular weight excluding hydrogens is 220 g/mol. The quantitative estimate of drug-likeness (QED) is 0.738. The number of ether oxygens (including phenoxy) is 1. The summed E-state index contributed by atoms with van der Waals surface area (Å²) < 4.78 is 5.15. The molecule has 1 heterocycles. The fraction of sp³-hybridized carbons (Fsp3) is 0.462. The number of thioether (sulfide) groups is 1. The zero-order valence-electron chi connectivity index (χ0n) is 9.82. The van der Waals surface area contributed by atoms with Crippen molar-refractivity contribution < 1.29 is 9.53 Å².